The Morgan fingerprint density at radius 1 is 0.939 bits per heavy atom. The lowest BCUT2D eigenvalue weighted by atomic mass is 9.73. The van der Waals surface area contributed by atoms with Crippen LogP contribution in [0.1, 0.15) is 107 Å². The molecule has 0 N–H and O–H groups in total. The number of benzene rings is 1. The monoisotopic (exact) mass is 447 g/mol. The standard InChI is InChI=1S/C30H41NO2/c1-3-5-7-10-14-24-18-20-27(31-22-24)29(25-15-11-8-12-16-25)30(33)26-19-17-23(21-28(26)32)13-9-6-4-2/h8,11-12,15-16,18,20,22-23,26,29H,3-7,9-10,13-14,17,19,21H2,1-2H3. The highest BCUT2D eigenvalue weighted by molar-refractivity contribution is 6.06. The molecule has 0 saturated heterocycles. The van der Waals surface area contributed by atoms with Gasteiger partial charge in [-0.25, -0.2) is 0 Å². The van der Waals surface area contributed by atoms with Gasteiger partial charge < -0.3 is 0 Å². The van der Waals surface area contributed by atoms with Crippen molar-refractivity contribution in [1.82, 2.24) is 4.98 Å². The number of hydrogen-bond donors (Lipinski definition) is 0. The molecule has 3 atom stereocenters. The lowest BCUT2D eigenvalue weighted by Gasteiger charge is -2.29. The van der Waals surface area contributed by atoms with E-state index in [4.69, 9.17) is 4.98 Å². The molecule has 0 aliphatic heterocycles. The zero-order chi connectivity index (χ0) is 23.5. The minimum absolute atomic E-state index is 0.0291. The normalized spacial score (nSPS) is 19.4. The molecule has 1 aromatic heterocycles. The number of Topliss-reactive ketones (excluding diaryl/α,β-unsaturated/α-hetero) is 2. The van der Waals surface area contributed by atoms with Crippen LogP contribution in [-0.4, -0.2) is 16.6 Å². The second kappa shape index (κ2) is 13.4. The smallest absolute Gasteiger partial charge is 0.156 e. The molecule has 1 aliphatic carbocycles. The minimum atomic E-state index is -0.492. The Morgan fingerprint density at radius 3 is 2.36 bits per heavy atom. The van der Waals surface area contributed by atoms with Crippen molar-refractivity contribution in [1.29, 1.82) is 0 Å². The van der Waals surface area contributed by atoms with Crippen molar-refractivity contribution in [2.45, 2.75) is 96.8 Å². The fourth-order valence-corrected chi connectivity index (χ4v) is 5.16. The Hall–Kier alpha value is -2.29. The molecule has 2 aromatic rings. The van der Waals surface area contributed by atoms with Gasteiger partial charge in [0, 0.05) is 12.6 Å². The summed E-state index contributed by atoms with van der Waals surface area (Å²) in [5, 5.41) is 0. The highest BCUT2D eigenvalue weighted by atomic mass is 16.2. The molecule has 1 fully saturated rings. The SMILES string of the molecule is CCCCCCc1ccc(C(C(=O)C2CCC(CCCCC)CC2=O)c2ccccc2)nc1. The summed E-state index contributed by atoms with van der Waals surface area (Å²) < 4.78 is 0. The molecule has 3 rings (SSSR count). The number of rotatable bonds is 13. The van der Waals surface area contributed by atoms with E-state index in [1.165, 1.54) is 50.5 Å². The number of pyridine rings is 1. The van der Waals surface area contributed by atoms with Crippen LogP contribution in [0.25, 0.3) is 0 Å². The van der Waals surface area contributed by atoms with Crippen molar-refractivity contribution < 1.29 is 9.59 Å². The molecule has 3 nitrogen and oxygen atoms in total. The van der Waals surface area contributed by atoms with Gasteiger partial charge in [0.05, 0.1) is 17.5 Å². The Morgan fingerprint density at radius 2 is 1.70 bits per heavy atom. The third-order valence-corrected chi connectivity index (χ3v) is 7.18. The first kappa shape index (κ1) is 25.3. The minimum Gasteiger partial charge on any atom is -0.299 e. The fourth-order valence-electron chi connectivity index (χ4n) is 5.16. The Kier molecular flexibility index (Phi) is 10.3. The van der Waals surface area contributed by atoms with Gasteiger partial charge in [0.25, 0.3) is 0 Å². The summed E-state index contributed by atoms with van der Waals surface area (Å²) in [6.45, 7) is 4.43. The predicted molar refractivity (Wildman–Crippen MR) is 135 cm³/mol. The van der Waals surface area contributed by atoms with Crippen LogP contribution >= 0.6 is 0 Å². The van der Waals surface area contributed by atoms with E-state index in [0.717, 1.165) is 30.5 Å². The van der Waals surface area contributed by atoms with E-state index < -0.39 is 11.8 Å². The number of hydrogen-bond acceptors (Lipinski definition) is 3. The zero-order valence-electron chi connectivity index (χ0n) is 20.6. The van der Waals surface area contributed by atoms with Crippen LogP contribution < -0.4 is 0 Å². The van der Waals surface area contributed by atoms with Gasteiger partial charge in [0.2, 0.25) is 0 Å². The van der Waals surface area contributed by atoms with Crippen LogP contribution in [0.4, 0.5) is 0 Å². The average molecular weight is 448 g/mol. The summed E-state index contributed by atoms with van der Waals surface area (Å²) >= 11 is 0. The molecule has 178 valence electrons. The number of unbranched alkanes of at least 4 members (excludes halogenated alkanes) is 5. The second-order valence-corrected chi connectivity index (χ2v) is 9.81. The van der Waals surface area contributed by atoms with Gasteiger partial charge in [-0.1, -0.05) is 95.2 Å². The number of carbonyl (C=O) groups excluding carboxylic acids is 2. The number of aromatic nitrogens is 1. The van der Waals surface area contributed by atoms with Crippen LogP contribution in [0.5, 0.6) is 0 Å². The van der Waals surface area contributed by atoms with Crippen molar-refractivity contribution in [2.75, 3.05) is 0 Å². The van der Waals surface area contributed by atoms with Gasteiger partial charge in [-0.2, -0.15) is 0 Å². The van der Waals surface area contributed by atoms with Crippen molar-refractivity contribution in [3.63, 3.8) is 0 Å². The second-order valence-electron chi connectivity index (χ2n) is 9.81. The molecular weight excluding hydrogens is 406 g/mol. The molecule has 3 heteroatoms. The molecule has 0 spiro atoms. The molecule has 0 radical (unpaired) electrons. The van der Waals surface area contributed by atoms with Crippen molar-refractivity contribution in [2.24, 2.45) is 11.8 Å². The van der Waals surface area contributed by atoms with Gasteiger partial charge in [-0.3, -0.25) is 14.6 Å². The molecule has 0 bridgehead atoms. The maximum Gasteiger partial charge on any atom is 0.156 e. The molecule has 3 unspecified atom stereocenters. The van der Waals surface area contributed by atoms with Crippen LogP contribution in [0.15, 0.2) is 48.7 Å². The molecule has 33 heavy (non-hydrogen) atoms. The molecule has 1 aromatic carbocycles. The van der Waals surface area contributed by atoms with Crippen molar-refractivity contribution in [3.8, 4) is 0 Å². The van der Waals surface area contributed by atoms with Gasteiger partial charge >= 0.3 is 0 Å². The Bertz CT molecular complexity index is 859. The van der Waals surface area contributed by atoms with Crippen LogP contribution in [0.2, 0.25) is 0 Å². The molecular formula is C30H41NO2. The molecule has 1 aliphatic rings. The zero-order valence-corrected chi connectivity index (χ0v) is 20.6. The van der Waals surface area contributed by atoms with E-state index in [-0.39, 0.29) is 11.6 Å². The fraction of sp³-hybridized carbons (Fsp3) is 0.567. The first-order chi connectivity index (χ1) is 16.1. The number of ketones is 2. The van der Waals surface area contributed by atoms with Crippen LogP contribution in [0, 0.1) is 11.8 Å². The summed E-state index contributed by atoms with van der Waals surface area (Å²) in [5.41, 5.74) is 2.92. The van der Waals surface area contributed by atoms with Gasteiger partial charge in [0.1, 0.15) is 5.78 Å². The van der Waals surface area contributed by atoms with E-state index >= 15 is 0 Å². The van der Waals surface area contributed by atoms with E-state index in [9.17, 15) is 9.59 Å². The van der Waals surface area contributed by atoms with E-state index in [2.05, 4.69) is 19.9 Å². The highest BCUT2D eigenvalue weighted by Gasteiger charge is 2.38. The average Bonchev–Trinajstić information content (AvgIpc) is 2.84. The maximum atomic E-state index is 13.7. The van der Waals surface area contributed by atoms with E-state index in [1.807, 2.05) is 42.6 Å². The van der Waals surface area contributed by atoms with E-state index in [0.29, 0.717) is 18.8 Å². The van der Waals surface area contributed by atoms with Gasteiger partial charge in [-0.05, 0) is 48.8 Å². The Balaban J connectivity index is 1.72. The third kappa shape index (κ3) is 7.35. The summed E-state index contributed by atoms with van der Waals surface area (Å²) in [6, 6.07) is 14.0. The van der Waals surface area contributed by atoms with Gasteiger partial charge in [0.15, 0.2) is 5.78 Å². The summed E-state index contributed by atoms with van der Waals surface area (Å²) in [7, 11) is 0. The summed E-state index contributed by atoms with van der Waals surface area (Å²) in [4.78, 5) is 31.5. The molecule has 0 amide bonds. The van der Waals surface area contributed by atoms with Crippen molar-refractivity contribution in [3.05, 3.63) is 65.5 Å². The van der Waals surface area contributed by atoms with Crippen molar-refractivity contribution >= 4 is 11.6 Å². The topological polar surface area (TPSA) is 47.0 Å². The highest BCUT2D eigenvalue weighted by Crippen LogP contribution is 2.35. The van der Waals surface area contributed by atoms with Crippen LogP contribution in [0.3, 0.4) is 0 Å². The predicted octanol–water partition coefficient (Wildman–Crippen LogP) is 7.47. The largest absolute Gasteiger partial charge is 0.299 e. The summed E-state index contributed by atoms with van der Waals surface area (Å²) in [5.74, 6) is -0.338. The first-order valence-corrected chi connectivity index (χ1v) is 13.2. The van der Waals surface area contributed by atoms with Gasteiger partial charge in [-0.15, -0.1) is 0 Å². The Labute approximate surface area is 200 Å². The first-order valence-electron chi connectivity index (χ1n) is 13.2. The number of nitrogens with zero attached hydrogens (tertiary/aromatic N) is 1. The third-order valence-electron chi connectivity index (χ3n) is 7.18. The number of aryl methyl sites for hydroxylation is 1. The molecule has 1 saturated carbocycles. The lowest BCUT2D eigenvalue weighted by Crippen LogP contribution is -2.34. The maximum absolute atomic E-state index is 13.7. The lowest BCUT2D eigenvalue weighted by molar-refractivity contribution is -0.135. The van der Waals surface area contributed by atoms with E-state index in [1.54, 1.807) is 0 Å². The number of carbonyl (C=O) groups is 2. The quantitative estimate of drug-likeness (QED) is 0.236. The molecule has 1 heterocycles. The van der Waals surface area contributed by atoms with Crippen LogP contribution in [-0.2, 0) is 16.0 Å². The summed E-state index contributed by atoms with van der Waals surface area (Å²) in [6.07, 6.45) is 14.8.